The molecule has 6 heteroatoms. The highest BCUT2D eigenvalue weighted by atomic mass is 32.2. The lowest BCUT2D eigenvalue weighted by molar-refractivity contribution is -0.121. The van der Waals surface area contributed by atoms with E-state index in [4.69, 9.17) is 0 Å². The molecule has 2 aromatic rings. The van der Waals surface area contributed by atoms with E-state index in [-0.39, 0.29) is 23.8 Å². The van der Waals surface area contributed by atoms with Crippen LogP contribution in [-0.4, -0.2) is 20.9 Å². The van der Waals surface area contributed by atoms with Crippen molar-refractivity contribution < 1.29 is 13.2 Å². The maximum absolute atomic E-state index is 12.4. The third-order valence-corrected chi connectivity index (χ3v) is 5.85. The highest BCUT2D eigenvalue weighted by Crippen LogP contribution is 2.16. The maximum Gasteiger partial charge on any atom is 0.240 e. The molecule has 0 aliphatic carbocycles. The number of carbonyl (C=O) groups excluding carboxylic acids is 1. The number of sulfonamides is 1. The molecule has 2 rings (SSSR count). The summed E-state index contributed by atoms with van der Waals surface area (Å²) in [6, 6.07) is 11.4. The molecule has 140 valence electrons. The molecule has 1 amide bonds. The number of carbonyl (C=O) groups is 1. The lowest BCUT2D eigenvalue weighted by Gasteiger charge is -2.11. The van der Waals surface area contributed by atoms with Gasteiger partial charge in [-0.2, -0.15) is 0 Å². The largest absolute Gasteiger partial charge is 0.352 e. The molecular formula is C20H26N2O3S. The monoisotopic (exact) mass is 374 g/mol. The van der Waals surface area contributed by atoms with Crippen molar-refractivity contribution in [2.45, 2.75) is 45.6 Å². The Balaban J connectivity index is 1.86. The molecule has 2 aromatic carbocycles. The SMILES string of the molecule is Cc1ccc(CNC(=O)CCNS(=O)(=O)c2cc(C)ccc2C)c(C)c1. The first-order chi connectivity index (χ1) is 12.2. The van der Waals surface area contributed by atoms with Gasteiger partial charge in [-0.25, -0.2) is 13.1 Å². The van der Waals surface area contributed by atoms with E-state index in [1.165, 1.54) is 5.56 Å². The van der Waals surface area contributed by atoms with Crippen molar-refractivity contribution in [3.05, 3.63) is 64.2 Å². The maximum atomic E-state index is 12.4. The summed E-state index contributed by atoms with van der Waals surface area (Å²) in [6.07, 6.45) is 0.0923. The van der Waals surface area contributed by atoms with Crippen molar-refractivity contribution in [3.63, 3.8) is 0 Å². The van der Waals surface area contributed by atoms with Crippen LogP contribution in [0.3, 0.4) is 0 Å². The Labute approximate surface area is 155 Å². The van der Waals surface area contributed by atoms with Crippen LogP contribution < -0.4 is 10.0 Å². The predicted octanol–water partition coefficient (Wildman–Crippen LogP) is 2.91. The Morgan fingerprint density at radius 2 is 1.58 bits per heavy atom. The van der Waals surface area contributed by atoms with Gasteiger partial charge in [-0.1, -0.05) is 35.9 Å². The van der Waals surface area contributed by atoms with Crippen molar-refractivity contribution in [1.82, 2.24) is 10.0 Å². The fourth-order valence-electron chi connectivity index (χ4n) is 2.70. The number of benzene rings is 2. The number of hydrogen-bond donors (Lipinski definition) is 2. The van der Waals surface area contributed by atoms with Gasteiger partial charge < -0.3 is 5.32 Å². The Hall–Kier alpha value is -2.18. The summed E-state index contributed by atoms with van der Waals surface area (Å²) in [4.78, 5) is 12.2. The van der Waals surface area contributed by atoms with Crippen LogP contribution >= 0.6 is 0 Å². The van der Waals surface area contributed by atoms with Crippen LogP contribution in [-0.2, 0) is 21.4 Å². The molecule has 0 saturated heterocycles. The first-order valence-electron chi connectivity index (χ1n) is 8.59. The van der Waals surface area contributed by atoms with Gasteiger partial charge in [0.1, 0.15) is 0 Å². The van der Waals surface area contributed by atoms with E-state index in [0.717, 1.165) is 16.7 Å². The Bertz CT molecular complexity index is 905. The van der Waals surface area contributed by atoms with Gasteiger partial charge in [0.2, 0.25) is 15.9 Å². The Kier molecular flexibility index (Phi) is 6.56. The van der Waals surface area contributed by atoms with Crippen LogP contribution in [0.4, 0.5) is 0 Å². The molecule has 26 heavy (non-hydrogen) atoms. The molecular weight excluding hydrogens is 348 g/mol. The number of rotatable bonds is 7. The Morgan fingerprint density at radius 1 is 0.923 bits per heavy atom. The lowest BCUT2D eigenvalue weighted by Crippen LogP contribution is -2.31. The second-order valence-electron chi connectivity index (χ2n) is 6.62. The zero-order valence-electron chi connectivity index (χ0n) is 15.7. The van der Waals surface area contributed by atoms with Crippen LogP contribution in [0.15, 0.2) is 41.3 Å². The summed E-state index contributed by atoms with van der Waals surface area (Å²) in [5.41, 5.74) is 4.92. The van der Waals surface area contributed by atoms with Gasteiger partial charge in [0.05, 0.1) is 4.90 Å². The number of aryl methyl sites for hydroxylation is 4. The molecule has 0 atom stereocenters. The van der Waals surface area contributed by atoms with E-state index >= 15 is 0 Å². The number of nitrogens with one attached hydrogen (secondary N) is 2. The molecule has 2 N–H and O–H groups in total. The first-order valence-corrected chi connectivity index (χ1v) is 10.1. The summed E-state index contributed by atoms with van der Waals surface area (Å²) in [5.74, 6) is -0.186. The molecule has 0 aliphatic heterocycles. The van der Waals surface area contributed by atoms with E-state index < -0.39 is 10.0 Å². The van der Waals surface area contributed by atoms with Crippen molar-refractivity contribution in [3.8, 4) is 0 Å². The van der Waals surface area contributed by atoms with Gasteiger partial charge in [-0.05, 0) is 56.0 Å². The fourth-order valence-corrected chi connectivity index (χ4v) is 4.06. The van der Waals surface area contributed by atoms with Gasteiger partial charge in [0.15, 0.2) is 0 Å². The standard InChI is InChI=1S/C20H26N2O3S/c1-14-6-8-18(17(4)11-14)13-21-20(23)9-10-22-26(24,25)19-12-15(2)5-7-16(19)3/h5-8,11-12,22H,9-10,13H2,1-4H3,(H,21,23). The lowest BCUT2D eigenvalue weighted by atomic mass is 10.1. The third-order valence-electron chi connectivity index (χ3n) is 4.25. The van der Waals surface area contributed by atoms with Gasteiger partial charge >= 0.3 is 0 Å². The molecule has 0 bridgehead atoms. The minimum absolute atomic E-state index is 0.0639. The average Bonchev–Trinajstić information content (AvgIpc) is 2.56. The second-order valence-corrected chi connectivity index (χ2v) is 8.36. The van der Waals surface area contributed by atoms with Crippen LogP contribution in [0.25, 0.3) is 0 Å². The number of hydrogen-bond acceptors (Lipinski definition) is 3. The van der Waals surface area contributed by atoms with Crippen molar-refractivity contribution in [1.29, 1.82) is 0 Å². The van der Waals surface area contributed by atoms with Crippen LogP contribution in [0, 0.1) is 27.7 Å². The summed E-state index contributed by atoms with van der Waals surface area (Å²) in [7, 11) is -3.62. The van der Waals surface area contributed by atoms with Crippen molar-refractivity contribution in [2.24, 2.45) is 0 Å². The predicted molar refractivity (Wildman–Crippen MR) is 103 cm³/mol. The van der Waals surface area contributed by atoms with E-state index in [2.05, 4.69) is 16.1 Å². The topological polar surface area (TPSA) is 75.3 Å². The van der Waals surface area contributed by atoms with Gasteiger partial charge in [0.25, 0.3) is 0 Å². The second kappa shape index (κ2) is 8.47. The van der Waals surface area contributed by atoms with E-state index in [0.29, 0.717) is 12.1 Å². The highest BCUT2D eigenvalue weighted by Gasteiger charge is 2.17. The van der Waals surface area contributed by atoms with Crippen LogP contribution in [0.2, 0.25) is 0 Å². The van der Waals surface area contributed by atoms with Crippen molar-refractivity contribution >= 4 is 15.9 Å². The van der Waals surface area contributed by atoms with Gasteiger partial charge in [-0.3, -0.25) is 4.79 Å². The summed E-state index contributed by atoms with van der Waals surface area (Å²) < 4.78 is 27.3. The molecule has 0 aliphatic rings. The third kappa shape index (κ3) is 5.41. The zero-order valence-corrected chi connectivity index (χ0v) is 16.5. The zero-order chi connectivity index (χ0) is 19.3. The molecule has 5 nitrogen and oxygen atoms in total. The molecule has 0 saturated carbocycles. The van der Waals surface area contributed by atoms with E-state index in [1.54, 1.807) is 19.1 Å². The molecule has 0 unspecified atom stereocenters. The van der Waals surface area contributed by atoms with E-state index in [1.807, 2.05) is 39.0 Å². The summed E-state index contributed by atoms with van der Waals surface area (Å²) >= 11 is 0. The summed E-state index contributed by atoms with van der Waals surface area (Å²) in [6.45, 7) is 8.14. The molecule has 0 radical (unpaired) electrons. The first kappa shape index (κ1) is 20.1. The molecule has 0 heterocycles. The molecule has 0 aromatic heterocycles. The highest BCUT2D eigenvalue weighted by molar-refractivity contribution is 7.89. The van der Waals surface area contributed by atoms with E-state index in [9.17, 15) is 13.2 Å². The smallest absolute Gasteiger partial charge is 0.240 e. The van der Waals surface area contributed by atoms with Gasteiger partial charge in [-0.15, -0.1) is 0 Å². The minimum Gasteiger partial charge on any atom is -0.352 e. The molecule has 0 spiro atoms. The average molecular weight is 375 g/mol. The normalized spacial score (nSPS) is 11.4. The summed E-state index contributed by atoms with van der Waals surface area (Å²) in [5, 5.41) is 2.83. The Morgan fingerprint density at radius 3 is 2.27 bits per heavy atom. The van der Waals surface area contributed by atoms with Crippen LogP contribution in [0.5, 0.6) is 0 Å². The minimum atomic E-state index is -3.62. The van der Waals surface area contributed by atoms with Crippen molar-refractivity contribution in [2.75, 3.05) is 6.54 Å². The van der Waals surface area contributed by atoms with Crippen LogP contribution in [0.1, 0.15) is 34.2 Å². The molecule has 0 fully saturated rings. The quantitative estimate of drug-likeness (QED) is 0.782. The van der Waals surface area contributed by atoms with Gasteiger partial charge in [0, 0.05) is 19.5 Å². The fraction of sp³-hybridized carbons (Fsp3) is 0.350. The number of amides is 1.